The van der Waals surface area contributed by atoms with Crippen LogP contribution in [0.3, 0.4) is 0 Å². The molecule has 2 aromatic rings. The Hall–Kier alpha value is -1.84. The van der Waals surface area contributed by atoms with Crippen molar-refractivity contribution < 1.29 is 4.79 Å². The second-order valence-corrected chi connectivity index (χ2v) is 5.84. The number of rotatable bonds is 5. The number of nitrogens with two attached hydrogens (primary N) is 1. The van der Waals surface area contributed by atoms with Gasteiger partial charge in [-0.1, -0.05) is 36.4 Å². The first-order valence-corrected chi connectivity index (χ1v) is 7.93. The van der Waals surface area contributed by atoms with Gasteiger partial charge in [-0.2, -0.15) is 0 Å². The minimum absolute atomic E-state index is 0. The molecule has 1 aliphatic carbocycles. The fourth-order valence-corrected chi connectivity index (χ4v) is 3.10. The van der Waals surface area contributed by atoms with Gasteiger partial charge in [0.1, 0.15) is 0 Å². The fourth-order valence-electron chi connectivity index (χ4n) is 3.10. The number of fused-ring (bicyclic) bond motifs is 1. The summed E-state index contributed by atoms with van der Waals surface area (Å²) in [6, 6.07) is 16.2. The second-order valence-electron chi connectivity index (χ2n) is 5.84. The lowest BCUT2D eigenvalue weighted by Crippen LogP contribution is -2.35. The Labute approximate surface area is 143 Å². The van der Waals surface area contributed by atoms with Gasteiger partial charge in [-0.3, -0.25) is 4.79 Å². The molecule has 23 heavy (non-hydrogen) atoms. The molecule has 1 aliphatic rings. The molecule has 4 heteroatoms. The van der Waals surface area contributed by atoms with Gasteiger partial charge in [0.05, 0.1) is 0 Å². The molecule has 0 aliphatic heterocycles. The van der Waals surface area contributed by atoms with Gasteiger partial charge in [0.25, 0.3) is 5.91 Å². The summed E-state index contributed by atoms with van der Waals surface area (Å²) in [6.45, 7) is 1.66. The molecule has 0 heterocycles. The van der Waals surface area contributed by atoms with Crippen molar-refractivity contribution in [1.29, 1.82) is 0 Å². The number of carbonyl (C=O) groups excluding carboxylic acids is 1. The van der Waals surface area contributed by atoms with E-state index in [-0.39, 0.29) is 18.3 Å². The molecule has 2 N–H and O–H groups in total. The first-order chi connectivity index (χ1) is 10.8. The van der Waals surface area contributed by atoms with Crippen LogP contribution in [0.15, 0.2) is 48.5 Å². The Morgan fingerprint density at radius 1 is 1.04 bits per heavy atom. The molecule has 0 radical (unpaired) electrons. The normalized spacial score (nSPS) is 12.4. The largest absolute Gasteiger partial charge is 0.333 e. The van der Waals surface area contributed by atoms with Crippen LogP contribution in [0.25, 0.3) is 0 Å². The number of nitrogens with zero attached hydrogens (tertiary/aromatic N) is 1. The number of hydrogen-bond donors (Lipinski definition) is 1. The molecule has 0 bridgehead atoms. The first-order valence-electron chi connectivity index (χ1n) is 7.93. The van der Waals surface area contributed by atoms with Gasteiger partial charge in [-0.25, -0.2) is 0 Å². The summed E-state index contributed by atoms with van der Waals surface area (Å²) in [7, 11) is 0. The third-order valence-corrected chi connectivity index (χ3v) is 4.25. The van der Waals surface area contributed by atoms with Crippen molar-refractivity contribution >= 4 is 18.3 Å². The number of carbonyl (C=O) groups is 1. The number of halogens is 1. The van der Waals surface area contributed by atoms with Crippen LogP contribution in [-0.2, 0) is 19.4 Å². The Bertz CT molecular complexity index is 658. The number of hydrogen-bond acceptors (Lipinski definition) is 2. The lowest BCUT2D eigenvalue weighted by molar-refractivity contribution is 0.0748. The van der Waals surface area contributed by atoms with E-state index in [0.717, 1.165) is 24.0 Å². The van der Waals surface area contributed by atoms with E-state index < -0.39 is 0 Å². The molecule has 0 atom stereocenters. The predicted molar refractivity (Wildman–Crippen MR) is 96.0 cm³/mol. The zero-order valence-corrected chi connectivity index (χ0v) is 14.0. The summed E-state index contributed by atoms with van der Waals surface area (Å²) in [4.78, 5) is 14.6. The Morgan fingerprint density at radius 2 is 1.78 bits per heavy atom. The van der Waals surface area contributed by atoms with Crippen molar-refractivity contribution in [1.82, 2.24) is 4.90 Å². The molecule has 0 saturated heterocycles. The van der Waals surface area contributed by atoms with Gasteiger partial charge in [0.2, 0.25) is 0 Å². The summed E-state index contributed by atoms with van der Waals surface area (Å²) in [5.74, 6) is 0.0732. The number of amides is 1. The van der Waals surface area contributed by atoms with Crippen molar-refractivity contribution in [3.8, 4) is 0 Å². The highest BCUT2D eigenvalue weighted by atomic mass is 35.5. The first kappa shape index (κ1) is 17.5. The third-order valence-electron chi connectivity index (χ3n) is 4.25. The summed E-state index contributed by atoms with van der Waals surface area (Å²) in [6.07, 6.45) is 3.43. The third kappa shape index (κ3) is 4.12. The molecule has 0 fully saturated rings. The van der Waals surface area contributed by atoms with Gasteiger partial charge >= 0.3 is 0 Å². The van der Waals surface area contributed by atoms with Crippen molar-refractivity contribution in [2.75, 3.05) is 13.1 Å². The van der Waals surface area contributed by atoms with Crippen molar-refractivity contribution in [3.05, 3.63) is 70.8 Å². The molecular formula is C19H23ClN2O. The molecular weight excluding hydrogens is 308 g/mol. The van der Waals surface area contributed by atoms with Crippen molar-refractivity contribution in [2.45, 2.75) is 25.8 Å². The van der Waals surface area contributed by atoms with Crippen LogP contribution in [0.4, 0.5) is 0 Å². The number of aryl methyl sites for hydroxylation is 2. The van der Waals surface area contributed by atoms with Gasteiger partial charge < -0.3 is 10.6 Å². The number of benzene rings is 2. The molecule has 2 aromatic carbocycles. The van der Waals surface area contributed by atoms with Gasteiger partial charge in [-0.15, -0.1) is 12.4 Å². The van der Waals surface area contributed by atoms with E-state index >= 15 is 0 Å². The average molecular weight is 331 g/mol. The molecule has 0 spiro atoms. The highest BCUT2D eigenvalue weighted by Gasteiger charge is 2.18. The van der Waals surface area contributed by atoms with E-state index in [1.54, 1.807) is 0 Å². The second kappa shape index (κ2) is 8.14. The van der Waals surface area contributed by atoms with E-state index in [1.807, 2.05) is 41.3 Å². The maximum Gasteiger partial charge on any atom is 0.254 e. The topological polar surface area (TPSA) is 46.3 Å². The van der Waals surface area contributed by atoms with Crippen LogP contribution < -0.4 is 5.73 Å². The van der Waals surface area contributed by atoms with Crippen LogP contribution in [0.5, 0.6) is 0 Å². The minimum Gasteiger partial charge on any atom is -0.333 e. The quantitative estimate of drug-likeness (QED) is 0.915. The average Bonchev–Trinajstić information content (AvgIpc) is 3.02. The molecule has 3 nitrogen and oxygen atoms in total. The summed E-state index contributed by atoms with van der Waals surface area (Å²) in [5, 5.41) is 0. The van der Waals surface area contributed by atoms with Crippen LogP contribution in [-0.4, -0.2) is 23.9 Å². The monoisotopic (exact) mass is 330 g/mol. The van der Waals surface area contributed by atoms with Gasteiger partial charge in [0.15, 0.2) is 0 Å². The molecule has 0 aromatic heterocycles. The zero-order chi connectivity index (χ0) is 15.4. The maximum atomic E-state index is 12.8. The SMILES string of the molecule is Cl.NCCN(Cc1ccccc1)C(=O)c1ccc2c(c1)CCC2. The van der Waals surface area contributed by atoms with Crippen molar-refractivity contribution in [2.24, 2.45) is 5.73 Å². The van der Waals surface area contributed by atoms with E-state index in [4.69, 9.17) is 5.73 Å². The summed E-state index contributed by atoms with van der Waals surface area (Å²) < 4.78 is 0. The minimum atomic E-state index is 0. The lowest BCUT2D eigenvalue weighted by atomic mass is 10.1. The Kier molecular flexibility index (Phi) is 6.20. The van der Waals surface area contributed by atoms with E-state index in [0.29, 0.717) is 19.6 Å². The van der Waals surface area contributed by atoms with Crippen molar-refractivity contribution in [3.63, 3.8) is 0 Å². The van der Waals surface area contributed by atoms with Crippen LogP contribution in [0.2, 0.25) is 0 Å². The Morgan fingerprint density at radius 3 is 2.52 bits per heavy atom. The highest BCUT2D eigenvalue weighted by molar-refractivity contribution is 5.94. The Balaban J connectivity index is 0.00000192. The summed E-state index contributed by atoms with van der Waals surface area (Å²) >= 11 is 0. The maximum absolute atomic E-state index is 12.8. The van der Waals surface area contributed by atoms with Gasteiger partial charge in [-0.05, 0) is 48.1 Å². The van der Waals surface area contributed by atoms with Crippen LogP contribution >= 0.6 is 12.4 Å². The smallest absolute Gasteiger partial charge is 0.254 e. The van der Waals surface area contributed by atoms with E-state index in [1.165, 1.54) is 17.5 Å². The van der Waals surface area contributed by atoms with Gasteiger partial charge in [0, 0.05) is 25.2 Å². The fraction of sp³-hybridized carbons (Fsp3) is 0.316. The van der Waals surface area contributed by atoms with E-state index in [2.05, 4.69) is 12.1 Å². The lowest BCUT2D eigenvalue weighted by Gasteiger charge is -2.22. The summed E-state index contributed by atoms with van der Waals surface area (Å²) in [5.41, 5.74) is 10.3. The standard InChI is InChI=1S/C19H22N2O.ClH/c20-11-12-21(14-15-5-2-1-3-6-15)19(22)18-10-9-16-7-4-8-17(16)13-18;/h1-3,5-6,9-10,13H,4,7-8,11-12,14,20H2;1H. The highest BCUT2D eigenvalue weighted by Crippen LogP contribution is 2.23. The molecule has 122 valence electrons. The molecule has 3 rings (SSSR count). The molecule has 0 saturated carbocycles. The predicted octanol–water partition coefficient (Wildman–Crippen LogP) is 3.20. The molecule has 1 amide bonds. The van der Waals surface area contributed by atoms with Crippen LogP contribution in [0, 0.1) is 0 Å². The van der Waals surface area contributed by atoms with E-state index in [9.17, 15) is 4.79 Å². The zero-order valence-electron chi connectivity index (χ0n) is 13.2. The van der Waals surface area contributed by atoms with Crippen LogP contribution in [0.1, 0.15) is 33.5 Å². The molecule has 0 unspecified atom stereocenters.